The number of hydrogen-bond acceptors (Lipinski definition) is 3. The van der Waals surface area contributed by atoms with Crippen LogP contribution in [0.4, 0.5) is 4.39 Å². The van der Waals surface area contributed by atoms with Crippen molar-refractivity contribution in [3.8, 4) is 11.3 Å². The molecule has 0 aliphatic carbocycles. The van der Waals surface area contributed by atoms with Crippen LogP contribution in [0.1, 0.15) is 17.8 Å². The second-order valence-corrected chi connectivity index (χ2v) is 5.86. The summed E-state index contributed by atoms with van der Waals surface area (Å²) < 4.78 is 14.1. The van der Waals surface area contributed by atoms with Gasteiger partial charge in [0.1, 0.15) is 6.17 Å². The lowest BCUT2D eigenvalue weighted by atomic mass is 10.1. The minimum absolute atomic E-state index is 0.0177. The van der Waals surface area contributed by atoms with E-state index < -0.39 is 6.17 Å². The van der Waals surface area contributed by atoms with Crippen molar-refractivity contribution in [1.82, 2.24) is 10.3 Å². The van der Waals surface area contributed by atoms with Crippen molar-refractivity contribution in [2.45, 2.75) is 31.5 Å². The van der Waals surface area contributed by atoms with E-state index in [1.165, 1.54) is 0 Å². The van der Waals surface area contributed by atoms with Gasteiger partial charge in [-0.2, -0.15) is 0 Å². The van der Waals surface area contributed by atoms with Gasteiger partial charge in [-0.15, -0.1) is 11.3 Å². The van der Waals surface area contributed by atoms with E-state index in [0.717, 1.165) is 35.7 Å². The molecule has 2 heterocycles. The van der Waals surface area contributed by atoms with Gasteiger partial charge in [-0.1, -0.05) is 30.3 Å². The summed E-state index contributed by atoms with van der Waals surface area (Å²) in [5, 5.41) is 6.12. The number of thiazole rings is 1. The van der Waals surface area contributed by atoms with E-state index >= 15 is 0 Å². The van der Waals surface area contributed by atoms with E-state index in [2.05, 4.69) is 10.3 Å². The van der Waals surface area contributed by atoms with Gasteiger partial charge < -0.3 is 5.32 Å². The van der Waals surface area contributed by atoms with Gasteiger partial charge in [-0.05, 0) is 19.4 Å². The first-order valence-electron chi connectivity index (χ1n) is 6.70. The van der Waals surface area contributed by atoms with Crippen molar-refractivity contribution < 1.29 is 4.39 Å². The van der Waals surface area contributed by atoms with Crippen LogP contribution in [0.15, 0.2) is 35.7 Å². The molecule has 4 heteroatoms. The van der Waals surface area contributed by atoms with Gasteiger partial charge in [0.2, 0.25) is 0 Å². The van der Waals surface area contributed by atoms with Gasteiger partial charge >= 0.3 is 0 Å². The topological polar surface area (TPSA) is 24.9 Å². The molecule has 2 atom stereocenters. The maximum Gasteiger partial charge on any atom is 0.122 e. The van der Waals surface area contributed by atoms with Gasteiger partial charge in [0.25, 0.3) is 0 Å². The molecule has 1 saturated heterocycles. The molecular weight excluding hydrogens is 259 g/mol. The second kappa shape index (κ2) is 5.80. The Morgan fingerprint density at radius 2 is 2.21 bits per heavy atom. The molecule has 0 radical (unpaired) electrons. The summed E-state index contributed by atoms with van der Waals surface area (Å²) in [6.07, 6.45) is 1.63. The predicted molar refractivity (Wildman–Crippen MR) is 77.2 cm³/mol. The first-order chi connectivity index (χ1) is 9.33. The average Bonchev–Trinajstić information content (AvgIpc) is 3.11. The molecule has 2 nitrogen and oxygen atoms in total. The fraction of sp³-hybridized carbons (Fsp3) is 0.400. The molecule has 1 aliphatic heterocycles. The Balaban J connectivity index is 1.68. The number of rotatable bonds is 4. The quantitative estimate of drug-likeness (QED) is 0.925. The van der Waals surface area contributed by atoms with Crippen LogP contribution < -0.4 is 5.32 Å². The number of benzene rings is 1. The van der Waals surface area contributed by atoms with Crippen LogP contribution in [0.3, 0.4) is 0 Å². The Morgan fingerprint density at radius 1 is 1.37 bits per heavy atom. The SMILES string of the molecule is FC(Cc1nc(-c2ccccc2)cs1)C1CCCN1. The van der Waals surface area contributed by atoms with Crippen LogP contribution in [0, 0.1) is 0 Å². The summed E-state index contributed by atoms with van der Waals surface area (Å²) in [5.41, 5.74) is 2.05. The Hall–Kier alpha value is -1.26. The average molecular weight is 276 g/mol. The van der Waals surface area contributed by atoms with Crippen LogP contribution in [0.5, 0.6) is 0 Å². The second-order valence-electron chi connectivity index (χ2n) is 4.92. The molecule has 0 spiro atoms. The Kier molecular flexibility index (Phi) is 3.89. The first kappa shape index (κ1) is 12.8. The molecule has 1 aliphatic rings. The summed E-state index contributed by atoms with van der Waals surface area (Å²) in [6.45, 7) is 0.943. The van der Waals surface area contributed by atoms with Crippen molar-refractivity contribution >= 4 is 11.3 Å². The van der Waals surface area contributed by atoms with E-state index in [1.807, 2.05) is 35.7 Å². The maximum absolute atomic E-state index is 14.1. The monoisotopic (exact) mass is 276 g/mol. The minimum Gasteiger partial charge on any atom is -0.311 e. The Labute approximate surface area is 116 Å². The van der Waals surface area contributed by atoms with Crippen molar-refractivity contribution in [2.75, 3.05) is 6.54 Å². The molecule has 1 fully saturated rings. The third-order valence-electron chi connectivity index (χ3n) is 3.53. The van der Waals surface area contributed by atoms with Crippen molar-refractivity contribution in [1.29, 1.82) is 0 Å². The fourth-order valence-corrected chi connectivity index (χ4v) is 3.32. The molecule has 2 unspecified atom stereocenters. The number of aromatic nitrogens is 1. The lowest BCUT2D eigenvalue weighted by Crippen LogP contribution is -2.33. The number of halogens is 1. The summed E-state index contributed by atoms with van der Waals surface area (Å²) in [4.78, 5) is 4.54. The largest absolute Gasteiger partial charge is 0.311 e. The molecule has 0 bridgehead atoms. The molecule has 2 aromatic rings. The van der Waals surface area contributed by atoms with Gasteiger partial charge in [0.05, 0.1) is 10.7 Å². The van der Waals surface area contributed by atoms with Crippen molar-refractivity contribution in [2.24, 2.45) is 0 Å². The highest BCUT2D eigenvalue weighted by Crippen LogP contribution is 2.24. The zero-order valence-electron chi connectivity index (χ0n) is 10.7. The smallest absolute Gasteiger partial charge is 0.122 e. The molecule has 1 N–H and O–H groups in total. The minimum atomic E-state index is -0.822. The van der Waals surface area contributed by atoms with E-state index in [9.17, 15) is 4.39 Å². The summed E-state index contributed by atoms with van der Waals surface area (Å²) >= 11 is 1.55. The van der Waals surface area contributed by atoms with E-state index in [1.54, 1.807) is 11.3 Å². The molecule has 1 aromatic heterocycles. The van der Waals surface area contributed by atoms with Gasteiger partial charge in [0, 0.05) is 23.4 Å². The van der Waals surface area contributed by atoms with Gasteiger partial charge in [0.15, 0.2) is 0 Å². The Bertz CT molecular complexity index is 520. The highest BCUT2D eigenvalue weighted by Gasteiger charge is 2.25. The zero-order chi connectivity index (χ0) is 13.1. The lowest BCUT2D eigenvalue weighted by Gasteiger charge is -2.14. The third kappa shape index (κ3) is 3.01. The first-order valence-corrected chi connectivity index (χ1v) is 7.58. The molecule has 0 saturated carbocycles. The zero-order valence-corrected chi connectivity index (χ0v) is 11.5. The van der Waals surface area contributed by atoms with E-state index in [0.29, 0.717) is 6.42 Å². The molecule has 19 heavy (non-hydrogen) atoms. The highest BCUT2D eigenvalue weighted by atomic mass is 32.1. The van der Waals surface area contributed by atoms with Crippen LogP contribution in [0.25, 0.3) is 11.3 Å². The number of nitrogens with zero attached hydrogens (tertiary/aromatic N) is 1. The normalized spacial score (nSPS) is 20.6. The number of nitrogens with one attached hydrogen (secondary N) is 1. The summed E-state index contributed by atoms with van der Waals surface area (Å²) in [7, 11) is 0. The van der Waals surface area contributed by atoms with Crippen molar-refractivity contribution in [3.63, 3.8) is 0 Å². The van der Waals surface area contributed by atoms with Crippen LogP contribution in [-0.2, 0) is 6.42 Å². The van der Waals surface area contributed by atoms with E-state index in [-0.39, 0.29) is 6.04 Å². The molecule has 0 amide bonds. The molecular formula is C15H17FN2S. The number of hydrogen-bond donors (Lipinski definition) is 1. The Morgan fingerprint density at radius 3 is 2.95 bits per heavy atom. The summed E-state index contributed by atoms with van der Waals surface area (Å²) in [6, 6.07) is 10.1. The standard InChI is InChI=1S/C15H17FN2S/c16-12(13-7-4-8-17-13)9-15-18-14(10-19-15)11-5-2-1-3-6-11/h1-3,5-6,10,12-13,17H,4,7-9H2. The molecule has 3 rings (SSSR count). The van der Waals surface area contributed by atoms with Gasteiger partial charge in [-0.25, -0.2) is 9.37 Å². The maximum atomic E-state index is 14.1. The van der Waals surface area contributed by atoms with Crippen molar-refractivity contribution in [3.05, 3.63) is 40.7 Å². The summed E-state index contributed by atoms with van der Waals surface area (Å²) in [5.74, 6) is 0. The van der Waals surface area contributed by atoms with Crippen LogP contribution in [0.2, 0.25) is 0 Å². The highest BCUT2D eigenvalue weighted by molar-refractivity contribution is 7.09. The van der Waals surface area contributed by atoms with Gasteiger partial charge in [-0.3, -0.25) is 0 Å². The predicted octanol–water partition coefficient (Wildman–Crippen LogP) is 3.44. The van der Waals surface area contributed by atoms with Crippen LogP contribution in [-0.4, -0.2) is 23.7 Å². The lowest BCUT2D eigenvalue weighted by molar-refractivity contribution is 0.263. The molecule has 1 aromatic carbocycles. The fourth-order valence-electron chi connectivity index (χ4n) is 2.48. The van der Waals surface area contributed by atoms with Crippen LogP contribution >= 0.6 is 11.3 Å². The number of alkyl halides is 1. The van der Waals surface area contributed by atoms with E-state index in [4.69, 9.17) is 0 Å². The molecule has 100 valence electrons. The third-order valence-corrected chi connectivity index (χ3v) is 4.40.